The van der Waals surface area contributed by atoms with Gasteiger partial charge in [0.2, 0.25) is 0 Å². The number of carbonyl (C=O) groups excluding carboxylic acids is 1. The summed E-state index contributed by atoms with van der Waals surface area (Å²) in [6, 6.07) is 0. The van der Waals surface area contributed by atoms with Gasteiger partial charge in [-0.1, -0.05) is 38.0 Å². The number of unbranched alkanes of at least 4 members (excludes halogenated alkanes) is 3. The van der Waals surface area contributed by atoms with Crippen LogP contribution in [-0.4, -0.2) is 74.9 Å². The van der Waals surface area contributed by atoms with E-state index in [1.807, 2.05) is 40.7 Å². The summed E-state index contributed by atoms with van der Waals surface area (Å²) >= 11 is 0. The number of ether oxygens (including phenoxy) is 3. The van der Waals surface area contributed by atoms with E-state index in [1.54, 1.807) is 6.92 Å². The molecule has 0 saturated carbocycles. The lowest BCUT2D eigenvalue weighted by molar-refractivity contribution is -0.112. The van der Waals surface area contributed by atoms with E-state index in [9.17, 15) is 4.79 Å². The highest BCUT2D eigenvalue weighted by Gasteiger charge is 1.96. The minimum absolute atomic E-state index is 0. The number of hydrogen-bond acceptors (Lipinski definition) is 7. The molecular formula is C26H55NO6. The van der Waals surface area contributed by atoms with Crippen molar-refractivity contribution in [3.63, 3.8) is 0 Å². The number of nitrogens with two attached hydrogens (primary N) is 1. The molecule has 1 atom stereocenters. The molecule has 0 aliphatic carbocycles. The molecule has 0 rings (SSSR count). The van der Waals surface area contributed by atoms with Crippen molar-refractivity contribution >= 4 is 6.29 Å². The highest BCUT2D eigenvalue weighted by Crippen LogP contribution is 2.02. The first-order valence-corrected chi connectivity index (χ1v) is 11.9. The average Bonchev–Trinajstić information content (AvgIpc) is 2.76. The zero-order valence-corrected chi connectivity index (χ0v) is 22.8. The standard InChI is InChI=1S/C15H28O4.C6H12O.C4H11N.CH4O/c1-3-15(2)14-19-10-7-5-4-6-9-17-12-13-18-11-8-16;1-4-5(2)6(3)7;1-4(2,3)5;1-2/h8H,2-7,9-14H2,1H3;4,6-7H,1-3H3;5H2,1-3H3;2H,1H3/b;5-4+;;. The summed E-state index contributed by atoms with van der Waals surface area (Å²) in [4.78, 5) is 9.96. The molecule has 33 heavy (non-hydrogen) atoms. The van der Waals surface area contributed by atoms with Gasteiger partial charge in [-0.2, -0.15) is 0 Å². The van der Waals surface area contributed by atoms with Gasteiger partial charge in [0.15, 0.2) is 0 Å². The average molecular weight is 478 g/mol. The van der Waals surface area contributed by atoms with Gasteiger partial charge in [0.05, 0.1) is 25.9 Å². The number of hydrogen-bond donors (Lipinski definition) is 3. The molecule has 0 bridgehead atoms. The highest BCUT2D eigenvalue weighted by molar-refractivity contribution is 5.50. The van der Waals surface area contributed by atoms with Gasteiger partial charge in [0, 0.05) is 25.9 Å². The first kappa shape index (κ1) is 39.1. The summed E-state index contributed by atoms with van der Waals surface area (Å²) in [6.07, 6.45) is 7.87. The molecule has 0 heterocycles. The highest BCUT2D eigenvalue weighted by atomic mass is 16.5. The lowest BCUT2D eigenvalue weighted by Gasteiger charge is -2.06. The Morgan fingerprint density at radius 2 is 1.45 bits per heavy atom. The maximum Gasteiger partial charge on any atom is 0.145 e. The monoisotopic (exact) mass is 477 g/mol. The van der Waals surface area contributed by atoms with Gasteiger partial charge >= 0.3 is 0 Å². The van der Waals surface area contributed by atoms with Gasteiger partial charge < -0.3 is 35.0 Å². The lowest BCUT2D eigenvalue weighted by Crippen LogP contribution is -2.26. The van der Waals surface area contributed by atoms with Crippen LogP contribution in [0.5, 0.6) is 0 Å². The zero-order chi connectivity index (χ0) is 26.5. The van der Waals surface area contributed by atoms with Crippen molar-refractivity contribution in [3.8, 4) is 0 Å². The van der Waals surface area contributed by atoms with Crippen molar-refractivity contribution in [2.75, 3.05) is 46.8 Å². The second kappa shape index (κ2) is 30.9. The maximum absolute atomic E-state index is 9.96. The van der Waals surface area contributed by atoms with Crippen LogP contribution in [0.3, 0.4) is 0 Å². The molecule has 0 aliphatic rings. The van der Waals surface area contributed by atoms with Crippen molar-refractivity contribution in [2.24, 2.45) is 5.73 Å². The summed E-state index contributed by atoms with van der Waals surface area (Å²) in [5.41, 5.74) is 7.54. The Morgan fingerprint density at radius 3 is 1.82 bits per heavy atom. The Kier molecular flexibility index (Phi) is 36.7. The van der Waals surface area contributed by atoms with E-state index >= 15 is 0 Å². The Hall–Kier alpha value is -1.09. The molecule has 0 aromatic rings. The molecular weight excluding hydrogens is 422 g/mol. The van der Waals surface area contributed by atoms with Gasteiger partial charge in [0.1, 0.15) is 12.9 Å². The SMILES string of the molecule is C/C=C(\C)C(C)O.C=C(CC)COCCCCCCOCCOCC=O.CC(C)(C)N.CO. The Labute approximate surface area is 204 Å². The van der Waals surface area contributed by atoms with Gasteiger partial charge in [0.25, 0.3) is 0 Å². The van der Waals surface area contributed by atoms with E-state index in [1.165, 1.54) is 6.42 Å². The molecule has 7 heteroatoms. The van der Waals surface area contributed by atoms with Gasteiger partial charge in [-0.05, 0) is 66.4 Å². The molecule has 0 saturated heterocycles. The van der Waals surface area contributed by atoms with Gasteiger partial charge in [-0.3, -0.25) is 0 Å². The molecule has 0 fully saturated rings. The molecule has 0 amide bonds. The number of aldehydes is 1. The van der Waals surface area contributed by atoms with Crippen LogP contribution in [0.25, 0.3) is 0 Å². The van der Waals surface area contributed by atoms with Gasteiger partial charge in [-0.15, -0.1) is 0 Å². The molecule has 4 N–H and O–H groups in total. The summed E-state index contributed by atoms with van der Waals surface area (Å²) in [5, 5.41) is 15.8. The Morgan fingerprint density at radius 1 is 1.00 bits per heavy atom. The molecule has 7 nitrogen and oxygen atoms in total. The van der Waals surface area contributed by atoms with Crippen LogP contribution in [0.4, 0.5) is 0 Å². The first-order chi connectivity index (χ1) is 15.5. The minimum Gasteiger partial charge on any atom is -0.400 e. The number of aliphatic hydroxyl groups is 2. The van der Waals surface area contributed by atoms with Crippen molar-refractivity contribution in [1.29, 1.82) is 0 Å². The zero-order valence-electron chi connectivity index (χ0n) is 22.8. The summed E-state index contributed by atoms with van der Waals surface area (Å²) in [6.45, 7) is 21.0. The van der Waals surface area contributed by atoms with Crippen molar-refractivity contribution in [3.05, 3.63) is 23.8 Å². The van der Waals surface area contributed by atoms with Gasteiger partial charge in [-0.25, -0.2) is 0 Å². The van der Waals surface area contributed by atoms with E-state index in [4.69, 9.17) is 30.2 Å². The largest absolute Gasteiger partial charge is 0.400 e. The van der Waals surface area contributed by atoms with E-state index in [2.05, 4.69) is 13.5 Å². The molecule has 0 aromatic carbocycles. The normalized spacial score (nSPS) is 11.7. The molecule has 0 spiro atoms. The number of carbonyl (C=O) groups is 1. The predicted octanol–water partition coefficient (Wildman–Crippen LogP) is 4.45. The lowest BCUT2D eigenvalue weighted by atomic mass is 10.1. The molecule has 0 radical (unpaired) electrons. The van der Waals surface area contributed by atoms with Crippen molar-refractivity contribution in [2.45, 2.75) is 92.2 Å². The number of aliphatic hydroxyl groups excluding tert-OH is 2. The van der Waals surface area contributed by atoms with Crippen LogP contribution in [0.1, 0.15) is 80.6 Å². The Balaban J connectivity index is -0.000000245. The van der Waals surface area contributed by atoms with Crippen LogP contribution >= 0.6 is 0 Å². The predicted molar refractivity (Wildman–Crippen MR) is 140 cm³/mol. The molecule has 0 aliphatic heterocycles. The minimum atomic E-state index is -0.273. The fourth-order valence-corrected chi connectivity index (χ4v) is 1.67. The quantitative estimate of drug-likeness (QED) is 0.171. The van der Waals surface area contributed by atoms with E-state index < -0.39 is 0 Å². The van der Waals surface area contributed by atoms with E-state index in [-0.39, 0.29) is 18.2 Å². The first-order valence-electron chi connectivity index (χ1n) is 11.9. The molecule has 200 valence electrons. The van der Waals surface area contributed by atoms with E-state index in [0.29, 0.717) is 19.8 Å². The van der Waals surface area contributed by atoms with Crippen LogP contribution in [0.2, 0.25) is 0 Å². The molecule has 0 aromatic heterocycles. The summed E-state index contributed by atoms with van der Waals surface area (Å²) < 4.78 is 15.8. The van der Waals surface area contributed by atoms with E-state index in [0.717, 1.165) is 63.4 Å². The molecule has 1 unspecified atom stereocenters. The third-order valence-corrected chi connectivity index (χ3v) is 3.81. The summed E-state index contributed by atoms with van der Waals surface area (Å²) in [5.74, 6) is 0. The second-order valence-electron chi connectivity index (χ2n) is 8.50. The third-order valence-electron chi connectivity index (χ3n) is 3.81. The Bertz CT molecular complexity index is 425. The van der Waals surface area contributed by atoms with Crippen molar-refractivity contribution < 1.29 is 29.2 Å². The number of rotatable bonds is 16. The second-order valence-corrected chi connectivity index (χ2v) is 8.50. The maximum atomic E-state index is 9.96. The van der Waals surface area contributed by atoms with Crippen LogP contribution in [-0.2, 0) is 19.0 Å². The van der Waals surface area contributed by atoms with Crippen LogP contribution in [0, 0.1) is 0 Å². The van der Waals surface area contributed by atoms with Crippen LogP contribution in [0.15, 0.2) is 23.8 Å². The smallest absolute Gasteiger partial charge is 0.145 e. The topological polar surface area (TPSA) is 111 Å². The van der Waals surface area contributed by atoms with Crippen LogP contribution < -0.4 is 5.73 Å². The third kappa shape index (κ3) is 53.8. The van der Waals surface area contributed by atoms with Crippen molar-refractivity contribution in [1.82, 2.24) is 0 Å². The fourth-order valence-electron chi connectivity index (χ4n) is 1.67. The fraction of sp³-hybridized carbons (Fsp3) is 0.808. The number of allylic oxidation sites excluding steroid dienone is 1. The summed E-state index contributed by atoms with van der Waals surface area (Å²) in [7, 11) is 1.00.